The molecule has 0 aliphatic heterocycles. The third-order valence-corrected chi connectivity index (χ3v) is 2.50. The minimum atomic E-state index is -4.32. The van der Waals surface area contributed by atoms with Gasteiger partial charge in [0.05, 0.1) is 12.2 Å². The molecule has 0 unspecified atom stereocenters. The number of benzene rings is 1. The summed E-state index contributed by atoms with van der Waals surface area (Å²) in [5, 5.41) is 0. The van der Waals surface area contributed by atoms with Crippen molar-refractivity contribution in [1.29, 1.82) is 0 Å². The van der Waals surface area contributed by atoms with E-state index in [9.17, 15) is 18.0 Å². The van der Waals surface area contributed by atoms with Crippen LogP contribution in [0.25, 0.3) is 0 Å². The summed E-state index contributed by atoms with van der Waals surface area (Å²) in [6, 6.07) is 5.15. The number of halogens is 3. The molecule has 1 aromatic rings. The van der Waals surface area contributed by atoms with E-state index in [2.05, 4.69) is 0 Å². The Morgan fingerprint density at radius 2 is 1.88 bits per heavy atom. The summed E-state index contributed by atoms with van der Waals surface area (Å²) in [4.78, 5) is 11.4. The summed E-state index contributed by atoms with van der Waals surface area (Å²) in [6.45, 7) is 2.16. The number of thioether (sulfide) groups is 1. The molecular weight excluding hydrogens is 253 g/mol. The Bertz CT molecular complexity index is 373. The Labute approximate surface area is 101 Å². The fourth-order valence-corrected chi connectivity index (χ4v) is 1.61. The zero-order chi connectivity index (χ0) is 12.9. The van der Waals surface area contributed by atoms with E-state index in [0.29, 0.717) is 13.0 Å². The molecule has 0 saturated heterocycles. The second-order valence-electron chi connectivity index (χ2n) is 3.21. The highest BCUT2D eigenvalue weighted by atomic mass is 32.2. The fourth-order valence-electron chi connectivity index (χ4n) is 1.07. The van der Waals surface area contributed by atoms with Crippen LogP contribution in [0.4, 0.5) is 13.2 Å². The number of ether oxygens (including phenoxy) is 1. The van der Waals surface area contributed by atoms with Gasteiger partial charge in [0.25, 0.3) is 0 Å². The molecule has 1 rings (SSSR count). The lowest BCUT2D eigenvalue weighted by atomic mass is 10.2. The van der Waals surface area contributed by atoms with E-state index >= 15 is 0 Å². The lowest BCUT2D eigenvalue weighted by molar-refractivity contribution is -0.0328. The molecule has 17 heavy (non-hydrogen) atoms. The molecule has 0 spiro atoms. The molecule has 0 aliphatic rings. The molecule has 0 aliphatic carbocycles. The Hall–Kier alpha value is -1.17. The number of carbonyl (C=O) groups is 1. The van der Waals surface area contributed by atoms with Crippen LogP contribution in [0.1, 0.15) is 23.7 Å². The number of hydrogen-bond acceptors (Lipinski definition) is 3. The minimum absolute atomic E-state index is 0.0459. The molecular formula is C11H11F3O2S. The third-order valence-electron chi connectivity index (χ3n) is 1.76. The highest BCUT2D eigenvalue weighted by Crippen LogP contribution is 2.36. The van der Waals surface area contributed by atoms with Gasteiger partial charge < -0.3 is 4.74 Å². The average molecular weight is 264 g/mol. The first-order chi connectivity index (χ1) is 7.92. The summed E-state index contributed by atoms with van der Waals surface area (Å²) in [5.74, 6) is -0.518. The van der Waals surface area contributed by atoms with Crippen molar-refractivity contribution in [3.05, 3.63) is 29.8 Å². The summed E-state index contributed by atoms with van der Waals surface area (Å²) >= 11 is -0.213. The molecule has 2 nitrogen and oxygen atoms in total. The predicted octanol–water partition coefficient (Wildman–Crippen LogP) is 3.87. The smallest absolute Gasteiger partial charge is 0.446 e. The number of hydrogen-bond donors (Lipinski definition) is 0. The number of carbonyl (C=O) groups excluding carboxylic acids is 1. The van der Waals surface area contributed by atoms with Gasteiger partial charge in [-0.2, -0.15) is 13.2 Å². The highest BCUT2D eigenvalue weighted by molar-refractivity contribution is 8.00. The van der Waals surface area contributed by atoms with Crippen LogP contribution in [-0.4, -0.2) is 18.1 Å². The lowest BCUT2D eigenvalue weighted by Crippen LogP contribution is -2.05. The van der Waals surface area contributed by atoms with Gasteiger partial charge in [-0.15, -0.1) is 0 Å². The van der Waals surface area contributed by atoms with Gasteiger partial charge in [0.2, 0.25) is 0 Å². The first-order valence-electron chi connectivity index (χ1n) is 4.95. The van der Waals surface area contributed by atoms with Crippen molar-refractivity contribution in [1.82, 2.24) is 0 Å². The molecule has 1 aromatic carbocycles. The van der Waals surface area contributed by atoms with E-state index in [-0.39, 0.29) is 22.2 Å². The van der Waals surface area contributed by atoms with Crippen LogP contribution in [0.5, 0.6) is 0 Å². The van der Waals surface area contributed by atoms with Crippen LogP contribution in [-0.2, 0) is 4.74 Å². The van der Waals surface area contributed by atoms with Crippen molar-refractivity contribution < 1.29 is 22.7 Å². The van der Waals surface area contributed by atoms with E-state index < -0.39 is 11.5 Å². The summed E-state index contributed by atoms with van der Waals surface area (Å²) in [7, 11) is 0. The molecule has 0 bridgehead atoms. The SMILES string of the molecule is CCCOC(=O)c1ccc(SC(F)(F)F)cc1. The Kier molecular flexibility index (Phi) is 4.86. The largest absolute Gasteiger partial charge is 0.462 e. The molecule has 0 aromatic heterocycles. The quantitative estimate of drug-likeness (QED) is 0.610. The van der Waals surface area contributed by atoms with Gasteiger partial charge in [-0.1, -0.05) is 6.92 Å². The van der Waals surface area contributed by atoms with Gasteiger partial charge >= 0.3 is 11.5 Å². The van der Waals surface area contributed by atoms with Crippen molar-refractivity contribution in [2.24, 2.45) is 0 Å². The lowest BCUT2D eigenvalue weighted by Gasteiger charge is -2.06. The van der Waals surface area contributed by atoms with Gasteiger partial charge in [0.1, 0.15) is 0 Å². The summed E-state index contributed by atoms with van der Waals surface area (Å²) in [5.41, 5.74) is -4.06. The van der Waals surface area contributed by atoms with Gasteiger partial charge in [-0.05, 0) is 42.4 Å². The van der Waals surface area contributed by atoms with Gasteiger partial charge in [-0.3, -0.25) is 0 Å². The second-order valence-corrected chi connectivity index (χ2v) is 4.35. The second kappa shape index (κ2) is 5.95. The predicted molar refractivity (Wildman–Crippen MR) is 58.9 cm³/mol. The molecule has 0 atom stereocenters. The van der Waals surface area contributed by atoms with Crippen molar-refractivity contribution in [2.75, 3.05) is 6.61 Å². The maximum absolute atomic E-state index is 12.0. The van der Waals surface area contributed by atoms with Crippen molar-refractivity contribution in [2.45, 2.75) is 23.7 Å². The molecule has 94 valence electrons. The molecule has 0 N–H and O–H groups in total. The number of rotatable bonds is 4. The van der Waals surface area contributed by atoms with Crippen LogP contribution in [0.3, 0.4) is 0 Å². The molecule has 0 amide bonds. The van der Waals surface area contributed by atoms with Crippen LogP contribution >= 0.6 is 11.8 Å². The van der Waals surface area contributed by atoms with Crippen LogP contribution in [0, 0.1) is 0 Å². The van der Waals surface area contributed by atoms with E-state index in [1.54, 1.807) is 0 Å². The Morgan fingerprint density at radius 3 is 2.35 bits per heavy atom. The topological polar surface area (TPSA) is 26.3 Å². The molecule has 0 radical (unpaired) electrons. The van der Waals surface area contributed by atoms with Crippen LogP contribution in [0.15, 0.2) is 29.2 Å². The molecule has 0 saturated carbocycles. The van der Waals surface area contributed by atoms with Crippen molar-refractivity contribution in [3.63, 3.8) is 0 Å². The fraction of sp³-hybridized carbons (Fsp3) is 0.364. The maximum Gasteiger partial charge on any atom is 0.446 e. The minimum Gasteiger partial charge on any atom is -0.462 e. The standard InChI is InChI=1S/C11H11F3O2S/c1-2-7-16-10(15)8-3-5-9(6-4-8)17-11(12,13)14/h3-6H,2,7H2,1H3. The third kappa shape index (κ3) is 5.12. The van der Waals surface area contributed by atoms with Crippen molar-refractivity contribution in [3.8, 4) is 0 Å². The van der Waals surface area contributed by atoms with Gasteiger partial charge in [0.15, 0.2) is 0 Å². The maximum atomic E-state index is 12.0. The van der Waals surface area contributed by atoms with Crippen molar-refractivity contribution >= 4 is 17.7 Å². The number of alkyl halides is 3. The first kappa shape index (κ1) is 13.9. The van der Waals surface area contributed by atoms with Crippen LogP contribution in [0.2, 0.25) is 0 Å². The number of esters is 1. The van der Waals surface area contributed by atoms with E-state index in [4.69, 9.17) is 4.74 Å². The van der Waals surface area contributed by atoms with Crippen LogP contribution < -0.4 is 0 Å². The zero-order valence-corrected chi connectivity index (χ0v) is 9.90. The summed E-state index contributed by atoms with van der Waals surface area (Å²) in [6.07, 6.45) is 0.702. The first-order valence-corrected chi connectivity index (χ1v) is 5.77. The zero-order valence-electron chi connectivity index (χ0n) is 9.08. The van der Waals surface area contributed by atoms with Gasteiger partial charge in [-0.25, -0.2) is 4.79 Å². The summed E-state index contributed by atoms with van der Waals surface area (Å²) < 4.78 is 41.0. The molecule has 0 heterocycles. The normalized spacial score (nSPS) is 11.3. The Morgan fingerprint density at radius 1 is 1.29 bits per heavy atom. The van der Waals surface area contributed by atoms with Gasteiger partial charge in [0, 0.05) is 4.90 Å². The molecule has 6 heteroatoms. The monoisotopic (exact) mass is 264 g/mol. The van der Waals surface area contributed by atoms with E-state index in [1.165, 1.54) is 24.3 Å². The molecule has 0 fully saturated rings. The Balaban J connectivity index is 2.64. The highest BCUT2D eigenvalue weighted by Gasteiger charge is 2.29. The average Bonchev–Trinajstić information content (AvgIpc) is 2.24. The van der Waals surface area contributed by atoms with E-state index in [0.717, 1.165) is 0 Å². The van der Waals surface area contributed by atoms with E-state index in [1.807, 2.05) is 6.92 Å².